The Hall–Kier alpha value is -2.82. The third kappa shape index (κ3) is 3.22. The molecule has 0 amide bonds. The van der Waals surface area contributed by atoms with Crippen molar-refractivity contribution in [3.8, 4) is 0 Å². The van der Waals surface area contributed by atoms with Crippen LogP contribution in [0, 0.1) is 30.7 Å². The lowest BCUT2D eigenvalue weighted by Crippen LogP contribution is -2.02. The van der Waals surface area contributed by atoms with E-state index in [2.05, 4.69) is 32.9 Å². The highest BCUT2D eigenvalue weighted by atomic mass is 127. The number of fused-ring (bicyclic) bond motifs is 1. The summed E-state index contributed by atoms with van der Waals surface area (Å²) in [6.45, 7) is 1.87. The summed E-state index contributed by atoms with van der Waals surface area (Å²) >= 11 is 2.17. The first-order chi connectivity index (χ1) is 11.9. The van der Waals surface area contributed by atoms with Crippen LogP contribution >= 0.6 is 22.6 Å². The minimum atomic E-state index is -0.647. The molecule has 2 aromatic carbocycles. The van der Waals surface area contributed by atoms with Crippen molar-refractivity contribution in [2.75, 3.05) is 5.32 Å². The minimum absolute atomic E-state index is 0.135. The third-order valence-electron chi connectivity index (χ3n) is 3.69. The Morgan fingerprint density at radius 3 is 2.44 bits per heavy atom. The van der Waals surface area contributed by atoms with Crippen LogP contribution in [0.25, 0.3) is 10.9 Å². The number of nitrogens with zero attached hydrogens (tertiary/aromatic N) is 3. The fourth-order valence-electron chi connectivity index (χ4n) is 2.53. The molecule has 25 heavy (non-hydrogen) atoms. The van der Waals surface area contributed by atoms with Gasteiger partial charge in [0.05, 0.1) is 21.3 Å². The SMILES string of the molecule is Cc1cc(I)ccc1Nc1c([N+](=O)[O-])cc([N+](=O)[O-])c2cccnc12. The number of non-ortho nitro benzene ring substituents is 1. The molecule has 0 aliphatic heterocycles. The Kier molecular flexibility index (Phi) is 4.49. The van der Waals surface area contributed by atoms with E-state index in [1.807, 2.05) is 19.1 Å². The van der Waals surface area contributed by atoms with Gasteiger partial charge in [0.1, 0.15) is 11.2 Å². The molecule has 0 spiro atoms. The molecule has 3 rings (SSSR count). The van der Waals surface area contributed by atoms with E-state index in [1.54, 1.807) is 12.1 Å². The molecule has 1 aromatic heterocycles. The Balaban J connectivity index is 2.29. The zero-order valence-corrected chi connectivity index (χ0v) is 15.1. The Morgan fingerprint density at radius 1 is 1.08 bits per heavy atom. The average Bonchev–Trinajstić information content (AvgIpc) is 2.56. The van der Waals surface area contributed by atoms with Crippen molar-refractivity contribution in [3.63, 3.8) is 0 Å². The minimum Gasteiger partial charge on any atom is -0.348 e. The molecule has 0 unspecified atom stereocenters. The van der Waals surface area contributed by atoms with E-state index < -0.39 is 15.5 Å². The fraction of sp³-hybridized carbons (Fsp3) is 0.0625. The number of benzene rings is 2. The monoisotopic (exact) mass is 450 g/mol. The number of hydrogen-bond donors (Lipinski definition) is 1. The number of rotatable bonds is 4. The van der Waals surface area contributed by atoms with Gasteiger partial charge in [0.25, 0.3) is 5.69 Å². The van der Waals surface area contributed by atoms with Crippen LogP contribution in [-0.4, -0.2) is 14.8 Å². The third-order valence-corrected chi connectivity index (χ3v) is 4.36. The maximum Gasteiger partial charge on any atom is 0.301 e. The molecular formula is C16H11IN4O4. The van der Waals surface area contributed by atoms with Crippen LogP contribution in [0.4, 0.5) is 22.7 Å². The van der Waals surface area contributed by atoms with Gasteiger partial charge in [-0.1, -0.05) is 0 Å². The van der Waals surface area contributed by atoms with E-state index >= 15 is 0 Å². The first kappa shape index (κ1) is 17.0. The summed E-state index contributed by atoms with van der Waals surface area (Å²) < 4.78 is 1.03. The van der Waals surface area contributed by atoms with Crippen LogP contribution in [0.1, 0.15) is 5.56 Å². The lowest BCUT2D eigenvalue weighted by atomic mass is 10.1. The smallest absolute Gasteiger partial charge is 0.301 e. The second-order valence-corrected chi connectivity index (χ2v) is 6.53. The number of halogens is 1. The largest absolute Gasteiger partial charge is 0.348 e. The number of anilines is 2. The quantitative estimate of drug-likeness (QED) is 0.350. The van der Waals surface area contributed by atoms with Crippen molar-refractivity contribution in [2.24, 2.45) is 0 Å². The number of aryl methyl sites for hydroxylation is 1. The number of nitrogens with one attached hydrogen (secondary N) is 1. The number of hydrogen-bond acceptors (Lipinski definition) is 6. The topological polar surface area (TPSA) is 111 Å². The van der Waals surface area contributed by atoms with Gasteiger partial charge < -0.3 is 5.32 Å². The van der Waals surface area contributed by atoms with E-state index in [0.29, 0.717) is 5.69 Å². The lowest BCUT2D eigenvalue weighted by molar-refractivity contribution is -0.392. The zero-order valence-electron chi connectivity index (χ0n) is 12.9. The summed E-state index contributed by atoms with van der Waals surface area (Å²) in [6, 6.07) is 9.64. The predicted molar refractivity (Wildman–Crippen MR) is 102 cm³/mol. The highest BCUT2D eigenvalue weighted by molar-refractivity contribution is 14.1. The van der Waals surface area contributed by atoms with Crippen LogP contribution in [-0.2, 0) is 0 Å². The highest BCUT2D eigenvalue weighted by Gasteiger charge is 2.26. The zero-order chi connectivity index (χ0) is 18.1. The summed E-state index contributed by atoms with van der Waals surface area (Å²) in [5.74, 6) is 0. The van der Waals surface area contributed by atoms with E-state index in [0.717, 1.165) is 15.2 Å². The first-order valence-corrected chi connectivity index (χ1v) is 8.20. The summed E-state index contributed by atoms with van der Waals surface area (Å²) in [5, 5.41) is 26.0. The fourth-order valence-corrected chi connectivity index (χ4v) is 3.18. The molecule has 0 aliphatic rings. The molecule has 0 radical (unpaired) electrons. The van der Waals surface area contributed by atoms with E-state index in [4.69, 9.17) is 0 Å². The van der Waals surface area contributed by atoms with Crippen LogP contribution in [0.2, 0.25) is 0 Å². The molecule has 0 bridgehead atoms. The van der Waals surface area contributed by atoms with Crippen molar-refractivity contribution < 1.29 is 9.85 Å². The summed E-state index contributed by atoms with van der Waals surface area (Å²) in [6.07, 6.45) is 1.45. The van der Waals surface area contributed by atoms with Crippen molar-refractivity contribution in [1.29, 1.82) is 0 Å². The van der Waals surface area contributed by atoms with Gasteiger partial charge >= 0.3 is 5.69 Å². The van der Waals surface area contributed by atoms with Crippen molar-refractivity contribution in [3.05, 3.63) is 72.0 Å². The maximum absolute atomic E-state index is 11.5. The summed E-state index contributed by atoms with van der Waals surface area (Å²) in [7, 11) is 0. The molecule has 0 aliphatic carbocycles. The molecule has 8 nitrogen and oxygen atoms in total. The molecule has 9 heteroatoms. The van der Waals surface area contributed by atoms with Gasteiger partial charge in [-0.05, 0) is 65.4 Å². The average molecular weight is 450 g/mol. The second-order valence-electron chi connectivity index (χ2n) is 5.29. The van der Waals surface area contributed by atoms with Crippen LogP contribution < -0.4 is 5.32 Å². The van der Waals surface area contributed by atoms with Gasteiger partial charge in [-0.2, -0.15) is 0 Å². The summed E-state index contributed by atoms with van der Waals surface area (Å²) in [5.41, 5.74) is 1.14. The van der Waals surface area contributed by atoms with Crippen LogP contribution in [0.3, 0.4) is 0 Å². The Bertz CT molecular complexity index is 1020. The van der Waals surface area contributed by atoms with Crippen LogP contribution in [0.5, 0.6) is 0 Å². The van der Waals surface area contributed by atoms with Crippen molar-refractivity contribution >= 4 is 56.2 Å². The highest BCUT2D eigenvalue weighted by Crippen LogP contribution is 2.40. The van der Waals surface area contributed by atoms with Gasteiger partial charge in [0.15, 0.2) is 0 Å². The standard InChI is InChI=1S/C16H11IN4O4/c1-9-7-10(17)4-5-12(9)19-16-14(21(24)25)8-13(20(22)23)11-3-2-6-18-15(11)16/h2-8,19H,1H3. The van der Waals surface area contributed by atoms with Gasteiger partial charge in [-0.25, -0.2) is 0 Å². The molecule has 0 atom stereocenters. The lowest BCUT2D eigenvalue weighted by Gasteiger charge is -2.12. The van der Waals surface area contributed by atoms with Crippen molar-refractivity contribution in [1.82, 2.24) is 4.98 Å². The molecule has 1 N–H and O–H groups in total. The Morgan fingerprint density at radius 2 is 1.80 bits per heavy atom. The Labute approximate surface area is 155 Å². The molecule has 1 heterocycles. The number of nitro groups is 2. The molecular weight excluding hydrogens is 439 g/mol. The van der Waals surface area contributed by atoms with E-state index in [-0.39, 0.29) is 22.3 Å². The molecule has 0 saturated heterocycles. The molecule has 0 saturated carbocycles. The number of pyridine rings is 1. The van der Waals surface area contributed by atoms with Crippen LogP contribution in [0.15, 0.2) is 42.6 Å². The summed E-state index contributed by atoms with van der Waals surface area (Å²) in [4.78, 5) is 25.6. The molecule has 0 fully saturated rings. The first-order valence-electron chi connectivity index (χ1n) is 7.12. The van der Waals surface area contributed by atoms with Gasteiger partial charge in [0, 0.05) is 15.5 Å². The van der Waals surface area contributed by atoms with Gasteiger partial charge in [-0.3, -0.25) is 25.2 Å². The molecule has 126 valence electrons. The van der Waals surface area contributed by atoms with E-state index in [1.165, 1.54) is 12.3 Å². The maximum atomic E-state index is 11.5. The number of aromatic nitrogens is 1. The number of nitro benzene ring substituents is 2. The predicted octanol–water partition coefficient (Wildman–Crippen LogP) is 4.71. The van der Waals surface area contributed by atoms with E-state index in [9.17, 15) is 20.2 Å². The van der Waals surface area contributed by atoms with Gasteiger partial charge in [0.2, 0.25) is 0 Å². The van der Waals surface area contributed by atoms with Crippen molar-refractivity contribution in [2.45, 2.75) is 6.92 Å². The second kappa shape index (κ2) is 6.59. The normalized spacial score (nSPS) is 10.6. The molecule has 3 aromatic rings. The van der Waals surface area contributed by atoms with Gasteiger partial charge in [-0.15, -0.1) is 0 Å².